The number of fused-ring (bicyclic) bond motifs is 1. The number of imidazole rings is 1. The molecule has 220 valence electrons. The number of aryl methyl sites for hydroxylation is 1. The molecule has 41 heavy (non-hydrogen) atoms. The van der Waals surface area contributed by atoms with Gasteiger partial charge in [0, 0.05) is 26.2 Å². The Labute approximate surface area is 238 Å². The second-order valence-corrected chi connectivity index (χ2v) is 11.0. The number of methoxy groups -OCH3 is 2. The Hall–Kier alpha value is -4.40. The molecule has 1 aromatic carbocycles. The third-order valence-corrected chi connectivity index (χ3v) is 6.84. The van der Waals surface area contributed by atoms with Crippen LogP contribution in [0, 0.1) is 11.8 Å². The Balaban J connectivity index is 1.75. The highest BCUT2D eigenvalue weighted by atomic mass is 16.6. The Kier molecular flexibility index (Phi) is 8.66. The van der Waals surface area contributed by atoms with Gasteiger partial charge in [0.15, 0.2) is 22.7 Å². The van der Waals surface area contributed by atoms with Crippen molar-refractivity contribution in [3.05, 3.63) is 44.6 Å². The summed E-state index contributed by atoms with van der Waals surface area (Å²) in [7, 11) is 4.68. The molecule has 0 aliphatic carbocycles. The summed E-state index contributed by atoms with van der Waals surface area (Å²) in [4.78, 5) is 46.5. The number of alkyl carbamates (subject to hydrolysis) is 1. The molecule has 0 radical (unpaired) electrons. The average molecular weight is 567 g/mol. The number of hydrogen-bond donors (Lipinski definition) is 1. The van der Waals surface area contributed by atoms with E-state index < -0.39 is 22.9 Å². The van der Waals surface area contributed by atoms with Crippen LogP contribution in [0.25, 0.3) is 11.2 Å². The van der Waals surface area contributed by atoms with Crippen molar-refractivity contribution >= 4 is 23.2 Å². The van der Waals surface area contributed by atoms with Gasteiger partial charge < -0.3 is 24.4 Å². The first-order valence-electron chi connectivity index (χ1n) is 13.5. The molecule has 0 unspecified atom stereocenters. The number of anilines is 1. The van der Waals surface area contributed by atoms with Gasteiger partial charge in [-0.15, -0.1) is 5.92 Å². The predicted octanol–water partition coefficient (Wildman–Crippen LogP) is 2.48. The van der Waals surface area contributed by atoms with Crippen LogP contribution in [0.1, 0.15) is 46.1 Å². The quantitative estimate of drug-likeness (QED) is 0.433. The zero-order valence-corrected chi connectivity index (χ0v) is 24.7. The highest BCUT2D eigenvalue weighted by Gasteiger charge is 2.29. The minimum Gasteiger partial charge on any atom is -0.493 e. The fraction of sp³-hybridized carbons (Fsp3) is 0.517. The molecule has 2 aromatic heterocycles. The van der Waals surface area contributed by atoms with Crippen molar-refractivity contribution < 1.29 is 19.0 Å². The van der Waals surface area contributed by atoms with E-state index in [1.165, 1.54) is 16.2 Å². The van der Waals surface area contributed by atoms with E-state index in [1.54, 1.807) is 43.8 Å². The number of benzene rings is 1. The summed E-state index contributed by atoms with van der Waals surface area (Å²) in [5.74, 6) is 7.50. The first kappa shape index (κ1) is 29.6. The molecule has 1 atom stereocenters. The summed E-state index contributed by atoms with van der Waals surface area (Å²) < 4.78 is 20.5. The zero-order chi connectivity index (χ0) is 29.9. The number of nitrogens with one attached hydrogen (secondary N) is 1. The molecule has 4 rings (SSSR count). The van der Waals surface area contributed by atoms with Gasteiger partial charge in [-0.05, 0) is 58.2 Å². The van der Waals surface area contributed by atoms with Crippen molar-refractivity contribution in [1.82, 2.24) is 24.0 Å². The van der Waals surface area contributed by atoms with Gasteiger partial charge in [0.05, 0.1) is 27.3 Å². The van der Waals surface area contributed by atoms with Crippen LogP contribution in [0.2, 0.25) is 0 Å². The standard InChI is InChI=1S/C29H38N6O6/c1-8-9-15-34-23-24(31-26(34)33-14-10-11-20(18-33)30-27(37)41-29(2,3)4)32(5)28(38)35(25(23)36)17-19-12-13-21(39-6)22(16-19)40-7/h12-13,16,20H,10-11,14-15,17-18H2,1-7H3,(H,30,37)/t20-/m1/s1. The first-order valence-corrected chi connectivity index (χ1v) is 13.5. The molecule has 1 aliphatic rings. The summed E-state index contributed by atoms with van der Waals surface area (Å²) in [5, 5.41) is 2.95. The lowest BCUT2D eigenvalue weighted by atomic mass is 10.1. The summed E-state index contributed by atoms with van der Waals surface area (Å²) in [6, 6.07) is 5.09. The second kappa shape index (κ2) is 12.0. The molecule has 0 bridgehead atoms. The van der Waals surface area contributed by atoms with Gasteiger partial charge >= 0.3 is 11.8 Å². The fourth-order valence-corrected chi connectivity index (χ4v) is 4.96. The lowest BCUT2D eigenvalue weighted by Crippen LogP contribution is -2.49. The van der Waals surface area contributed by atoms with Gasteiger partial charge in [-0.1, -0.05) is 12.0 Å². The maximum absolute atomic E-state index is 13.9. The van der Waals surface area contributed by atoms with Gasteiger partial charge in [-0.3, -0.25) is 18.5 Å². The molecule has 12 heteroatoms. The van der Waals surface area contributed by atoms with E-state index in [0.29, 0.717) is 36.1 Å². The lowest BCUT2D eigenvalue weighted by Gasteiger charge is -2.34. The first-order chi connectivity index (χ1) is 19.5. The summed E-state index contributed by atoms with van der Waals surface area (Å²) in [6.45, 7) is 8.57. The number of amides is 1. The topological polar surface area (TPSA) is 122 Å². The maximum atomic E-state index is 13.9. The van der Waals surface area contributed by atoms with Crippen molar-refractivity contribution in [1.29, 1.82) is 0 Å². The van der Waals surface area contributed by atoms with Crippen LogP contribution in [0.15, 0.2) is 27.8 Å². The van der Waals surface area contributed by atoms with Crippen molar-refractivity contribution in [3.63, 3.8) is 0 Å². The molecular formula is C29H38N6O6. The van der Waals surface area contributed by atoms with E-state index >= 15 is 0 Å². The van der Waals surface area contributed by atoms with Crippen LogP contribution < -0.4 is 30.9 Å². The maximum Gasteiger partial charge on any atom is 0.407 e. The van der Waals surface area contributed by atoms with Crippen LogP contribution in [0.3, 0.4) is 0 Å². The third kappa shape index (κ3) is 6.34. The molecule has 1 fully saturated rings. The SMILES string of the molecule is CC#CCn1c(N2CCC[C@@H](NC(=O)OC(C)(C)C)C2)nc2c1c(=O)n(Cc1ccc(OC)c(OC)c1)c(=O)n2C. The largest absolute Gasteiger partial charge is 0.493 e. The Morgan fingerprint density at radius 1 is 1.15 bits per heavy atom. The van der Waals surface area contributed by atoms with Crippen molar-refractivity contribution in [3.8, 4) is 23.3 Å². The smallest absolute Gasteiger partial charge is 0.407 e. The molecule has 0 saturated carbocycles. The van der Waals surface area contributed by atoms with Gasteiger partial charge in [-0.25, -0.2) is 9.59 Å². The predicted molar refractivity (Wildman–Crippen MR) is 156 cm³/mol. The minimum atomic E-state index is -0.604. The number of nitrogens with zero attached hydrogens (tertiary/aromatic N) is 5. The lowest BCUT2D eigenvalue weighted by molar-refractivity contribution is 0.0499. The number of piperidine rings is 1. The fourth-order valence-electron chi connectivity index (χ4n) is 4.96. The number of rotatable bonds is 7. The molecule has 1 aliphatic heterocycles. The molecule has 1 amide bonds. The number of ether oxygens (including phenoxy) is 3. The van der Waals surface area contributed by atoms with Gasteiger partial charge in [-0.2, -0.15) is 4.98 Å². The van der Waals surface area contributed by atoms with Crippen molar-refractivity contribution in [2.45, 2.75) is 65.3 Å². The van der Waals surface area contributed by atoms with E-state index in [2.05, 4.69) is 17.2 Å². The van der Waals surface area contributed by atoms with Crippen molar-refractivity contribution in [2.24, 2.45) is 7.05 Å². The molecule has 12 nitrogen and oxygen atoms in total. The molecule has 1 N–H and O–H groups in total. The highest BCUT2D eigenvalue weighted by molar-refractivity contribution is 5.75. The van der Waals surface area contributed by atoms with Crippen LogP contribution in [0.5, 0.6) is 11.5 Å². The Morgan fingerprint density at radius 3 is 2.54 bits per heavy atom. The summed E-state index contributed by atoms with van der Waals surface area (Å²) in [6.07, 6.45) is 1.10. The number of aromatic nitrogens is 4. The monoisotopic (exact) mass is 566 g/mol. The summed E-state index contributed by atoms with van der Waals surface area (Å²) in [5.41, 5.74) is -0.292. The molecule has 3 heterocycles. The van der Waals surface area contributed by atoms with Crippen LogP contribution >= 0.6 is 0 Å². The second-order valence-electron chi connectivity index (χ2n) is 11.0. The van der Waals surface area contributed by atoms with Crippen LogP contribution in [0.4, 0.5) is 10.7 Å². The van der Waals surface area contributed by atoms with Crippen LogP contribution in [-0.4, -0.2) is 63.7 Å². The Bertz CT molecular complexity index is 1620. The normalized spacial score (nSPS) is 15.3. The number of carbonyl (C=O) groups is 1. The van der Waals surface area contributed by atoms with Gasteiger partial charge in [0.1, 0.15) is 5.60 Å². The molecule has 3 aromatic rings. The third-order valence-electron chi connectivity index (χ3n) is 6.84. The molecule has 0 spiro atoms. The summed E-state index contributed by atoms with van der Waals surface area (Å²) >= 11 is 0. The van der Waals surface area contributed by atoms with Crippen molar-refractivity contribution in [2.75, 3.05) is 32.2 Å². The zero-order valence-electron chi connectivity index (χ0n) is 24.7. The average Bonchev–Trinajstić information content (AvgIpc) is 3.31. The van der Waals surface area contributed by atoms with E-state index in [9.17, 15) is 14.4 Å². The number of hydrogen-bond acceptors (Lipinski definition) is 8. The van der Waals surface area contributed by atoms with Gasteiger partial charge in [0.25, 0.3) is 5.56 Å². The van der Waals surface area contributed by atoms with E-state index in [1.807, 2.05) is 25.7 Å². The van der Waals surface area contributed by atoms with Crippen LogP contribution in [-0.2, 0) is 24.9 Å². The van der Waals surface area contributed by atoms with E-state index in [4.69, 9.17) is 19.2 Å². The number of carbonyl (C=O) groups excluding carboxylic acids is 1. The Morgan fingerprint density at radius 2 is 1.88 bits per heavy atom. The van der Waals surface area contributed by atoms with E-state index in [-0.39, 0.29) is 30.3 Å². The minimum absolute atomic E-state index is 0.0351. The highest BCUT2D eigenvalue weighted by Crippen LogP contribution is 2.28. The molecular weight excluding hydrogens is 528 g/mol. The van der Waals surface area contributed by atoms with Gasteiger partial charge in [0.2, 0.25) is 5.95 Å². The van der Waals surface area contributed by atoms with E-state index in [0.717, 1.165) is 12.8 Å². The molecule has 1 saturated heterocycles.